The first-order valence-electron chi connectivity index (χ1n) is 9.39. The van der Waals surface area contributed by atoms with Crippen LogP contribution in [0.25, 0.3) is 26.1 Å². The molecule has 1 fully saturated rings. The van der Waals surface area contributed by atoms with E-state index in [1.54, 1.807) is 11.3 Å². The van der Waals surface area contributed by atoms with Gasteiger partial charge in [-0.15, -0.1) is 16.3 Å². The van der Waals surface area contributed by atoms with Crippen molar-refractivity contribution in [3.05, 3.63) is 22.2 Å². The molecule has 27 heavy (non-hydrogen) atoms. The molecule has 0 radical (unpaired) electrons. The minimum absolute atomic E-state index is 0.626. The van der Waals surface area contributed by atoms with Crippen LogP contribution in [0, 0.1) is 4.77 Å². The third kappa shape index (κ3) is 2.28. The van der Waals surface area contributed by atoms with Crippen molar-refractivity contribution in [2.24, 2.45) is 0 Å². The van der Waals surface area contributed by atoms with E-state index in [1.165, 1.54) is 29.4 Å². The first kappa shape index (κ1) is 15.9. The Morgan fingerprint density at radius 1 is 1.15 bits per heavy atom. The fourth-order valence-corrected chi connectivity index (χ4v) is 5.73. The molecule has 138 valence electrons. The number of pyridine rings is 1. The topological polar surface area (TPSA) is 73.9 Å². The lowest BCUT2D eigenvalue weighted by atomic mass is 9.90. The highest BCUT2D eigenvalue weighted by Gasteiger charge is 2.27. The average molecular weight is 400 g/mol. The van der Waals surface area contributed by atoms with Gasteiger partial charge in [-0.05, 0) is 49.0 Å². The summed E-state index contributed by atoms with van der Waals surface area (Å²) in [7, 11) is 0. The van der Waals surface area contributed by atoms with Crippen molar-refractivity contribution in [2.45, 2.75) is 25.7 Å². The Bertz CT molecular complexity index is 1250. The van der Waals surface area contributed by atoms with Gasteiger partial charge < -0.3 is 9.64 Å². The highest BCUT2D eigenvalue weighted by atomic mass is 32.1. The summed E-state index contributed by atoms with van der Waals surface area (Å²) in [6.07, 6.45) is 6.48. The lowest BCUT2D eigenvalue weighted by molar-refractivity contribution is -0.522. The number of fused-ring (bicyclic) bond motifs is 7. The van der Waals surface area contributed by atoms with Crippen LogP contribution in [0.5, 0.6) is 0 Å². The Morgan fingerprint density at radius 2 is 1.96 bits per heavy atom. The van der Waals surface area contributed by atoms with Gasteiger partial charge >= 0.3 is 0 Å². The molecule has 0 atom stereocenters. The lowest BCUT2D eigenvalue weighted by Gasteiger charge is -2.31. The van der Waals surface area contributed by atoms with E-state index in [0.717, 1.165) is 65.7 Å². The molecule has 1 aliphatic heterocycles. The maximum Gasteiger partial charge on any atom is 0.297 e. The molecule has 0 unspecified atom stereocenters. The minimum atomic E-state index is 0.626. The molecule has 4 aromatic heterocycles. The number of ether oxygens (including phenoxy) is 1. The minimum Gasteiger partial charge on any atom is -0.378 e. The van der Waals surface area contributed by atoms with Gasteiger partial charge in [0.25, 0.3) is 10.4 Å². The number of H-pyrrole nitrogens is 2. The Balaban J connectivity index is 1.70. The summed E-state index contributed by atoms with van der Waals surface area (Å²) in [5.41, 5.74) is 4.88. The van der Waals surface area contributed by atoms with Gasteiger partial charge in [0.1, 0.15) is 15.3 Å². The van der Waals surface area contributed by atoms with Crippen LogP contribution in [-0.4, -0.2) is 46.5 Å². The molecule has 5 heterocycles. The van der Waals surface area contributed by atoms with Crippen LogP contribution in [0.15, 0.2) is 6.33 Å². The third-order valence-corrected chi connectivity index (χ3v) is 7.07. The van der Waals surface area contributed by atoms with E-state index in [-0.39, 0.29) is 0 Å². The summed E-state index contributed by atoms with van der Waals surface area (Å²) in [5, 5.41) is 7.46. The number of nitrogens with zero attached hydrogens (tertiary/aromatic N) is 4. The molecule has 0 bridgehead atoms. The van der Waals surface area contributed by atoms with E-state index in [0.29, 0.717) is 4.77 Å². The number of hydrogen-bond acceptors (Lipinski definition) is 6. The van der Waals surface area contributed by atoms with Gasteiger partial charge in [-0.25, -0.2) is 4.98 Å². The number of aryl methyl sites for hydroxylation is 1. The highest BCUT2D eigenvalue weighted by Crippen LogP contribution is 2.41. The number of thiophene rings is 1. The second kappa shape index (κ2) is 5.95. The van der Waals surface area contributed by atoms with Crippen molar-refractivity contribution in [1.82, 2.24) is 20.2 Å². The standard InChI is InChI=1S/C18H18N6OS2/c26-18-22-21-16-14-13(19-9-24(16)18)12-10-3-1-2-4-11(10)15(20-17(12)27-14)23-5-7-25-8-6-23/h9H,1-8H2,(H,22,26)/p+1. The second-order valence-corrected chi connectivity index (χ2v) is 8.56. The van der Waals surface area contributed by atoms with E-state index in [2.05, 4.69) is 15.1 Å². The summed E-state index contributed by atoms with van der Waals surface area (Å²) in [6, 6.07) is 0. The fourth-order valence-electron chi connectivity index (χ4n) is 4.40. The third-order valence-electron chi connectivity index (χ3n) is 5.69. The van der Waals surface area contributed by atoms with Crippen molar-refractivity contribution in [3.63, 3.8) is 0 Å². The van der Waals surface area contributed by atoms with E-state index < -0.39 is 0 Å². The smallest absolute Gasteiger partial charge is 0.297 e. The number of rotatable bonds is 1. The van der Waals surface area contributed by atoms with Gasteiger partial charge in [0, 0.05) is 13.1 Å². The molecule has 0 amide bonds. The maximum atomic E-state index is 5.55. The van der Waals surface area contributed by atoms with Crippen molar-refractivity contribution < 1.29 is 9.14 Å². The zero-order valence-corrected chi connectivity index (χ0v) is 16.4. The molecule has 1 saturated heterocycles. The number of morpholine rings is 1. The van der Waals surface area contributed by atoms with E-state index in [9.17, 15) is 0 Å². The molecule has 9 heteroatoms. The van der Waals surface area contributed by atoms with Gasteiger partial charge in [0.15, 0.2) is 5.52 Å². The van der Waals surface area contributed by atoms with Crippen LogP contribution < -0.4 is 9.30 Å². The van der Waals surface area contributed by atoms with Crippen LogP contribution >= 0.6 is 23.6 Å². The molecular formula is C18H19N6OS2+. The molecule has 0 aromatic carbocycles. The van der Waals surface area contributed by atoms with Crippen LogP contribution in [0.1, 0.15) is 24.0 Å². The Morgan fingerprint density at radius 3 is 2.81 bits per heavy atom. The summed E-state index contributed by atoms with van der Waals surface area (Å²) >= 11 is 7.05. The van der Waals surface area contributed by atoms with E-state index in [1.807, 2.05) is 10.7 Å². The predicted molar refractivity (Wildman–Crippen MR) is 107 cm³/mol. The van der Waals surface area contributed by atoms with Crippen molar-refractivity contribution >= 4 is 55.5 Å². The van der Waals surface area contributed by atoms with Crippen molar-refractivity contribution in [2.75, 3.05) is 31.2 Å². The number of hydrogen-bond donors (Lipinski definition) is 2. The van der Waals surface area contributed by atoms with E-state index >= 15 is 0 Å². The van der Waals surface area contributed by atoms with Crippen LogP contribution in [0.4, 0.5) is 5.82 Å². The molecule has 4 aromatic rings. The molecule has 6 rings (SSSR count). The first-order chi connectivity index (χ1) is 13.3. The van der Waals surface area contributed by atoms with Crippen molar-refractivity contribution in [1.29, 1.82) is 0 Å². The zero-order chi connectivity index (χ0) is 18.0. The highest BCUT2D eigenvalue weighted by molar-refractivity contribution is 7.71. The summed E-state index contributed by atoms with van der Waals surface area (Å²) in [6.45, 7) is 3.39. The number of nitrogens with one attached hydrogen (secondary N) is 2. The molecule has 2 N–H and O–H groups in total. The predicted octanol–water partition coefficient (Wildman–Crippen LogP) is 2.68. The molecule has 0 spiro atoms. The zero-order valence-electron chi connectivity index (χ0n) is 14.7. The average Bonchev–Trinajstić information content (AvgIpc) is 3.28. The van der Waals surface area contributed by atoms with Crippen LogP contribution in [0.2, 0.25) is 0 Å². The largest absolute Gasteiger partial charge is 0.378 e. The lowest BCUT2D eigenvalue weighted by Crippen LogP contribution is -2.37. The molecule has 7 nitrogen and oxygen atoms in total. The summed E-state index contributed by atoms with van der Waals surface area (Å²) in [5.74, 6) is 1.16. The van der Waals surface area contributed by atoms with Gasteiger partial charge in [0.05, 0.1) is 18.6 Å². The molecular weight excluding hydrogens is 380 g/mol. The first-order valence-corrected chi connectivity index (χ1v) is 10.6. The van der Waals surface area contributed by atoms with Gasteiger partial charge in [0.2, 0.25) is 6.33 Å². The summed E-state index contributed by atoms with van der Waals surface area (Å²) < 4.78 is 9.18. The fraction of sp³-hybridized carbons (Fsp3) is 0.444. The Hall–Kier alpha value is -2.10. The van der Waals surface area contributed by atoms with Crippen LogP contribution in [-0.2, 0) is 17.6 Å². The quantitative estimate of drug-likeness (QED) is 0.380. The molecule has 1 aliphatic carbocycles. The second-order valence-electron chi connectivity index (χ2n) is 7.18. The SMILES string of the molecule is S=c1[nH][nH]c2c3sc4nc(N5CCOCC5)c5c(c4c3nc[n+]12)CCCC5. The van der Waals surface area contributed by atoms with E-state index in [4.69, 9.17) is 26.9 Å². The molecule has 0 saturated carbocycles. The molecule has 2 aliphatic rings. The van der Waals surface area contributed by atoms with Gasteiger partial charge in [-0.1, -0.05) is 0 Å². The van der Waals surface area contributed by atoms with Crippen LogP contribution in [0.3, 0.4) is 0 Å². The number of anilines is 1. The maximum absolute atomic E-state index is 5.55. The monoisotopic (exact) mass is 399 g/mol. The Kier molecular flexibility index (Phi) is 3.51. The normalized spacial score (nSPS) is 17.9. The summed E-state index contributed by atoms with van der Waals surface area (Å²) in [4.78, 5) is 13.4. The van der Waals surface area contributed by atoms with Gasteiger partial charge in [-0.3, -0.25) is 0 Å². The Labute approximate surface area is 164 Å². The van der Waals surface area contributed by atoms with Gasteiger partial charge in [-0.2, -0.15) is 14.6 Å². The number of aromatic amines is 2. The van der Waals surface area contributed by atoms with Crippen molar-refractivity contribution in [3.8, 4) is 0 Å². The number of aromatic nitrogens is 5.